The van der Waals surface area contributed by atoms with Crippen molar-refractivity contribution in [3.05, 3.63) is 120 Å². The number of para-hydroxylation sites is 1. The number of carbonyl (C=O) groups excluding carboxylic acids is 2. The number of carbonyl (C=O) groups is 2. The largest absolute Gasteiger partial charge is 0.457 e. The van der Waals surface area contributed by atoms with Crippen molar-refractivity contribution in [2.45, 2.75) is 36.4 Å². The van der Waals surface area contributed by atoms with Gasteiger partial charge < -0.3 is 9.47 Å². The standard InChI is InChI=1S/C33H30BrClO4/c1-23(21-31(35)27-11-8-14-29(22-27)38-28-12-6-3-7-13-28)33(37)39-32(36)20-19-30(34)26-17-15-25(16-18-26)24-9-4-2-5-10-24/h2-18,22-23,30-31H,19-21H2,1H3. The summed E-state index contributed by atoms with van der Waals surface area (Å²) in [4.78, 5) is 24.9. The van der Waals surface area contributed by atoms with Gasteiger partial charge in [-0.15, -0.1) is 11.6 Å². The van der Waals surface area contributed by atoms with E-state index in [2.05, 4.69) is 40.2 Å². The van der Waals surface area contributed by atoms with E-state index in [0.29, 0.717) is 18.6 Å². The van der Waals surface area contributed by atoms with Crippen LogP contribution >= 0.6 is 27.5 Å². The molecule has 3 atom stereocenters. The molecule has 4 aromatic rings. The zero-order valence-electron chi connectivity index (χ0n) is 21.6. The van der Waals surface area contributed by atoms with E-state index in [1.807, 2.05) is 84.9 Å². The average Bonchev–Trinajstić information content (AvgIpc) is 2.97. The van der Waals surface area contributed by atoms with Gasteiger partial charge >= 0.3 is 11.9 Å². The van der Waals surface area contributed by atoms with Gasteiger partial charge in [0.05, 0.1) is 11.3 Å². The molecule has 6 heteroatoms. The highest BCUT2D eigenvalue weighted by atomic mass is 79.9. The molecule has 0 saturated carbocycles. The molecule has 0 radical (unpaired) electrons. The number of hydrogen-bond donors (Lipinski definition) is 0. The monoisotopic (exact) mass is 604 g/mol. The molecule has 0 fully saturated rings. The topological polar surface area (TPSA) is 52.6 Å². The lowest BCUT2D eigenvalue weighted by Crippen LogP contribution is -2.20. The van der Waals surface area contributed by atoms with Gasteiger partial charge in [0.2, 0.25) is 0 Å². The number of benzene rings is 4. The zero-order chi connectivity index (χ0) is 27.6. The second kappa shape index (κ2) is 14.1. The highest BCUT2D eigenvalue weighted by Gasteiger charge is 2.23. The lowest BCUT2D eigenvalue weighted by atomic mass is 10.0. The maximum atomic E-state index is 12.6. The van der Waals surface area contributed by atoms with Gasteiger partial charge in [0.15, 0.2) is 0 Å². The van der Waals surface area contributed by atoms with E-state index >= 15 is 0 Å². The SMILES string of the molecule is CC(CC(Cl)c1cccc(Oc2ccccc2)c1)C(=O)OC(=O)CCC(Br)c1ccc(-c2ccccc2)cc1. The molecule has 0 aromatic heterocycles. The minimum atomic E-state index is -0.569. The average molecular weight is 606 g/mol. The third-order valence-electron chi connectivity index (χ3n) is 6.36. The Morgan fingerprint density at radius 1 is 0.769 bits per heavy atom. The Kier molecular flexibility index (Phi) is 10.3. The molecule has 0 aliphatic rings. The number of rotatable bonds is 11. The van der Waals surface area contributed by atoms with Gasteiger partial charge in [-0.2, -0.15) is 0 Å². The maximum Gasteiger partial charge on any atom is 0.316 e. The summed E-state index contributed by atoms with van der Waals surface area (Å²) in [5.41, 5.74) is 4.17. The zero-order valence-corrected chi connectivity index (χ0v) is 24.0. The quantitative estimate of drug-likeness (QED) is 0.0971. The molecule has 0 saturated heterocycles. The van der Waals surface area contributed by atoms with Crippen LogP contribution in [0.2, 0.25) is 0 Å². The number of alkyl halides is 2. The predicted molar refractivity (Wildman–Crippen MR) is 159 cm³/mol. The fourth-order valence-corrected chi connectivity index (χ4v) is 5.07. The number of ether oxygens (including phenoxy) is 2. The first-order chi connectivity index (χ1) is 18.9. The Bertz CT molecular complexity index is 1360. The molecule has 200 valence electrons. The summed E-state index contributed by atoms with van der Waals surface area (Å²) in [7, 11) is 0. The van der Waals surface area contributed by atoms with Gasteiger partial charge in [-0.3, -0.25) is 9.59 Å². The first kappa shape index (κ1) is 28.6. The molecule has 0 spiro atoms. The van der Waals surface area contributed by atoms with E-state index in [1.54, 1.807) is 6.92 Å². The van der Waals surface area contributed by atoms with Crippen LogP contribution in [0, 0.1) is 5.92 Å². The van der Waals surface area contributed by atoms with Gasteiger partial charge in [-0.25, -0.2) is 0 Å². The predicted octanol–water partition coefficient (Wildman–Crippen LogP) is 9.44. The van der Waals surface area contributed by atoms with Crippen LogP contribution in [-0.2, 0) is 14.3 Å². The van der Waals surface area contributed by atoms with Crippen molar-refractivity contribution in [1.29, 1.82) is 0 Å². The minimum absolute atomic E-state index is 0.0278. The first-order valence-electron chi connectivity index (χ1n) is 12.9. The van der Waals surface area contributed by atoms with Crippen LogP contribution in [0.15, 0.2) is 109 Å². The molecule has 0 aliphatic heterocycles. The van der Waals surface area contributed by atoms with Crippen LogP contribution in [0.4, 0.5) is 0 Å². The van der Waals surface area contributed by atoms with Crippen molar-refractivity contribution < 1.29 is 19.1 Å². The van der Waals surface area contributed by atoms with Crippen molar-refractivity contribution in [2.24, 2.45) is 5.92 Å². The smallest absolute Gasteiger partial charge is 0.316 e. The van der Waals surface area contributed by atoms with E-state index in [4.69, 9.17) is 21.1 Å². The molecule has 0 heterocycles. The summed E-state index contributed by atoms with van der Waals surface area (Å²) >= 11 is 10.3. The summed E-state index contributed by atoms with van der Waals surface area (Å²) in [6, 6.07) is 35.3. The van der Waals surface area contributed by atoms with E-state index in [-0.39, 0.29) is 11.2 Å². The van der Waals surface area contributed by atoms with Crippen LogP contribution in [0.3, 0.4) is 0 Å². The first-order valence-corrected chi connectivity index (χ1v) is 14.2. The van der Waals surface area contributed by atoms with Gasteiger partial charge in [0.1, 0.15) is 11.5 Å². The third-order valence-corrected chi connectivity index (χ3v) is 7.77. The molecule has 4 rings (SSSR count). The number of hydrogen-bond acceptors (Lipinski definition) is 4. The molecule has 0 bridgehead atoms. The molecule has 4 aromatic carbocycles. The summed E-state index contributed by atoms with van der Waals surface area (Å²) in [6.45, 7) is 1.72. The van der Waals surface area contributed by atoms with Crippen LogP contribution in [-0.4, -0.2) is 11.9 Å². The second-order valence-electron chi connectivity index (χ2n) is 9.38. The Morgan fingerprint density at radius 3 is 2.08 bits per heavy atom. The Labute approximate surface area is 243 Å². The van der Waals surface area contributed by atoms with Crippen molar-refractivity contribution in [3.63, 3.8) is 0 Å². The van der Waals surface area contributed by atoms with Crippen LogP contribution < -0.4 is 4.74 Å². The fraction of sp³-hybridized carbons (Fsp3) is 0.212. The van der Waals surface area contributed by atoms with Crippen LogP contribution in [0.25, 0.3) is 11.1 Å². The Hall–Kier alpha value is -3.41. The summed E-state index contributed by atoms with van der Waals surface area (Å²) in [5.74, 6) is -0.261. The summed E-state index contributed by atoms with van der Waals surface area (Å²) in [5, 5.41) is -0.437. The van der Waals surface area contributed by atoms with Crippen molar-refractivity contribution >= 4 is 39.5 Å². The van der Waals surface area contributed by atoms with Crippen LogP contribution in [0.5, 0.6) is 11.5 Å². The Balaban J connectivity index is 1.23. The summed E-state index contributed by atoms with van der Waals surface area (Å²) < 4.78 is 11.0. The number of halogens is 2. The summed E-state index contributed by atoms with van der Waals surface area (Å²) in [6.07, 6.45) is 0.965. The lowest BCUT2D eigenvalue weighted by molar-refractivity contribution is -0.162. The van der Waals surface area contributed by atoms with Crippen LogP contribution in [0.1, 0.15) is 47.5 Å². The van der Waals surface area contributed by atoms with E-state index in [0.717, 1.165) is 28.0 Å². The van der Waals surface area contributed by atoms with E-state index < -0.39 is 23.2 Å². The molecular formula is C33H30BrClO4. The lowest BCUT2D eigenvalue weighted by Gasteiger charge is -2.16. The molecule has 3 unspecified atom stereocenters. The van der Waals surface area contributed by atoms with Gasteiger partial charge in [0, 0.05) is 11.2 Å². The molecule has 0 N–H and O–H groups in total. The van der Waals surface area contributed by atoms with Crippen molar-refractivity contribution in [2.75, 3.05) is 0 Å². The second-order valence-corrected chi connectivity index (χ2v) is 11.0. The number of esters is 2. The van der Waals surface area contributed by atoms with Crippen molar-refractivity contribution in [1.82, 2.24) is 0 Å². The highest BCUT2D eigenvalue weighted by molar-refractivity contribution is 9.09. The van der Waals surface area contributed by atoms with Gasteiger partial charge in [-0.1, -0.05) is 108 Å². The van der Waals surface area contributed by atoms with E-state index in [9.17, 15) is 9.59 Å². The molecule has 0 amide bonds. The molecule has 4 nitrogen and oxygen atoms in total. The van der Waals surface area contributed by atoms with Gasteiger partial charge in [0.25, 0.3) is 0 Å². The third kappa shape index (κ3) is 8.54. The molecule has 39 heavy (non-hydrogen) atoms. The van der Waals surface area contributed by atoms with Gasteiger partial charge in [-0.05, 0) is 59.4 Å². The van der Waals surface area contributed by atoms with Crippen molar-refractivity contribution in [3.8, 4) is 22.6 Å². The molecular weight excluding hydrogens is 576 g/mol. The fourth-order valence-electron chi connectivity index (χ4n) is 4.13. The van der Waals surface area contributed by atoms with E-state index in [1.165, 1.54) is 0 Å². The minimum Gasteiger partial charge on any atom is -0.457 e. The normalized spacial score (nSPS) is 13.2. The maximum absolute atomic E-state index is 12.6. The molecule has 0 aliphatic carbocycles. The Morgan fingerprint density at radius 2 is 1.38 bits per heavy atom. The highest BCUT2D eigenvalue weighted by Crippen LogP contribution is 2.33.